The van der Waals surface area contributed by atoms with Crippen molar-refractivity contribution < 1.29 is 13.5 Å². The number of likely N-dealkylation sites (tertiary alicyclic amines) is 1. The van der Waals surface area contributed by atoms with E-state index < -0.39 is 11.6 Å². The number of anilines is 1. The Labute approximate surface area is 106 Å². The van der Waals surface area contributed by atoms with Crippen molar-refractivity contribution >= 4 is 5.69 Å². The topological polar surface area (TPSA) is 38.5 Å². The molecule has 1 aliphatic rings. The normalized spacial score (nSPS) is 16.8. The molecule has 0 bridgehead atoms. The number of piperidine rings is 1. The third-order valence-corrected chi connectivity index (χ3v) is 3.17. The van der Waals surface area contributed by atoms with Crippen molar-refractivity contribution in [3.8, 4) is 5.75 Å². The summed E-state index contributed by atoms with van der Waals surface area (Å²) in [7, 11) is 0. The van der Waals surface area contributed by atoms with Crippen molar-refractivity contribution in [3.63, 3.8) is 0 Å². The lowest BCUT2D eigenvalue weighted by molar-refractivity contribution is 0.183. The first-order valence-electron chi connectivity index (χ1n) is 6.26. The molecular weight excluding hydrogens is 238 g/mol. The van der Waals surface area contributed by atoms with Gasteiger partial charge < -0.3 is 10.5 Å². The minimum absolute atomic E-state index is 0.0875. The van der Waals surface area contributed by atoms with Crippen LogP contribution in [0.3, 0.4) is 0 Å². The molecule has 0 atom stereocenters. The number of hydrogen-bond donors (Lipinski definition) is 1. The molecule has 0 spiro atoms. The van der Waals surface area contributed by atoms with E-state index in [1.807, 2.05) is 0 Å². The SMILES string of the molecule is Nc1c(F)cc(F)cc1OCCN1CCCCC1. The number of halogens is 2. The number of rotatable bonds is 4. The third-order valence-electron chi connectivity index (χ3n) is 3.17. The van der Waals surface area contributed by atoms with E-state index in [-0.39, 0.29) is 11.4 Å². The van der Waals surface area contributed by atoms with E-state index in [0.29, 0.717) is 6.61 Å². The second-order valence-electron chi connectivity index (χ2n) is 4.55. The summed E-state index contributed by atoms with van der Waals surface area (Å²) in [4.78, 5) is 2.29. The molecular formula is C13H18F2N2O. The van der Waals surface area contributed by atoms with Crippen LogP contribution in [-0.2, 0) is 0 Å². The molecule has 2 N–H and O–H groups in total. The molecule has 1 aromatic carbocycles. The minimum atomic E-state index is -0.775. The van der Waals surface area contributed by atoms with Gasteiger partial charge in [0.25, 0.3) is 0 Å². The molecule has 3 nitrogen and oxygen atoms in total. The molecule has 100 valence electrons. The second kappa shape index (κ2) is 6.00. The molecule has 1 fully saturated rings. The van der Waals surface area contributed by atoms with Gasteiger partial charge in [0.05, 0.1) is 0 Å². The van der Waals surface area contributed by atoms with Gasteiger partial charge in [-0.05, 0) is 25.9 Å². The quantitative estimate of drug-likeness (QED) is 0.841. The molecule has 0 aromatic heterocycles. The van der Waals surface area contributed by atoms with Gasteiger partial charge in [-0.2, -0.15) is 0 Å². The fourth-order valence-corrected chi connectivity index (χ4v) is 2.15. The smallest absolute Gasteiger partial charge is 0.152 e. The Bertz CT molecular complexity index is 406. The first-order chi connectivity index (χ1) is 8.66. The lowest BCUT2D eigenvalue weighted by Gasteiger charge is -2.26. The molecule has 2 rings (SSSR count). The first-order valence-corrected chi connectivity index (χ1v) is 6.26. The van der Waals surface area contributed by atoms with Gasteiger partial charge in [-0.15, -0.1) is 0 Å². The van der Waals surface area contributed by atoms with E-state index in [4.69, 9.17) is 10.5 Å². The summed E-state index contributed by atoms with van der Waals surface area (Å²) in [6.45, 7) is 3.29. The number of benzene rings is 1. The Balaban J connectivity index is 1.86. The van der Waals surface area contributed by atoms with Crippen molar-refractivity contribution in [1.82, 2.24) is 4.90 Å². The molecule has 0 unspecified atom stereocenters. The van der Waals surface area contributed by atoms with Crippen molar-refractivity contribution in [1.29, 1.82) is 0 Å². The lowest BCUT2D eigenvalue weighted by Crippen LogP contribution is -2.33. The van der Waals surface area contributed by atoms with E-state index in [0.717, 1.165) is 31.8 Å². The zero-order chi connectivity index (χ0) is 13.0. The highest BCUT2D eigenvalue weighted by Crippen LogP contribution is 2.25. The van der Waals surface area contributed by atoms with Crippen molar-refractivity contribution in [3.05, 3.63) is 23.8 Å². The molecule has 0 amide bonds. The zero-order valence-corrected chi connectivity index (χ0v) is 10.3. The average molecular weight is 256 g/mol. The summed E-state index contributed by atoms with van der Waals surface area (Å²) in [5, 5.41) is 0. The standard InChI is InChI=1S/C13H18F2N2O/c14-10-8-11(15)13(16)12(9-10)18-7-6-17-4-2-1-3-5-17/h8-9H,1-7,16H2. The summed E-state index contributed by atoms with van der Waals surface area (Å²) < 4.78 is 31.5. The predicted molar refractivity (Wildman–Crippen MR) is 66.6 cm³/mol. The molecule has 0 saturated carbocycles. The summed E-state index contributed by atoms with van der Waals surface area (Å²) in [5.41, 5.74) is 5.36. The van der Waals surface area contributed by atoms with Gasteiger partial charge in [0.15, 0.2) is 5.82 Å². The first kappa shape index (κ1) is 13.1. The largest absolute Gasteiger partial charge is 0.490 e. The minimum Gasteiger partial charge on any atom is -0.490 e. The zero-order valence-electron chi connectivity index (χ0n) is 10.3. The van der Waals surface area contributed by atoms with Crippen LogP contribution in [0.25, 0.3) is 0 Å². The van der Waals surface area contributed by atoms with E-state index in [9.17, 15) is 8.78 Å². The van der Waals surface area contributed by atoms with Crippen LogP contribution in [0.4, 0.5) is 14.5 Å². The maximum Gasteiger partial charge on any atom is 0.152 e. The maximum atomic E-state index is 13.2. The average Bonchev–Trinajstić information content (AvgIpc) is 2.36. The van der Waals surface area contributed by atoms with Gasteiger partial charge in [0.1, 0.15) is 23.9 Å². The highest BCUT2D eigenvalue weighted by Gasteiger charge is 2.12. The number of nitrogen functional groups attached to an aromatic ring is 1. The highest BCUT2D eigenvalue weighted by molar-refractivity contribution is 5.53. The van der Waals surface area contributed by atoms with Gasteiger partial charge in [0.2, 0.25) is 0 Å². The molecule has 1 aromatic rings. The van der Waals surface area contributed by atoms with Crippen LogP contribution in [0.2, 0.25) is 0 Å². The third kappa shape index (κ3) is 3.32. The summed E-state index contributed by atoms with van der Waals surface area (Å²) >= 11 is 0. The lowest BCUT2D eigenvalue weighted by atomic mass is 10.1. The number of nitrogens with zero attached hydrogens (tertiary/aromatic N) is 1. The molecule has 1 saturated heterocycles. The van der Waals surface area contributed by atoms with Gasteiger partial charge in [-0.3, -0.25) is 4.90 Å². The Morgan fingerprint density at radius 3 is 2.61 bits per heavy atom. The van der Waals surface area contributed by atoms with Crippen LogP contribution in [0.5, 0.6) is 5.75 Å². The summed E-state index contributed by atoms with van der Waals surface area (Å²) in [5.74, 6) is -1.36. The van der Waals surface area contributed by atoms with Crippen LogP contribution in [0, 0.1) is 11.6 Å². The van der Waals surface area contributed by atoms with E-state index in [1.54, 1.807) is 0 Å². The Morgan fingerprint density at radius 2 is 1.89 bits per heavy atom. The predicted octanol–water partition coefficient (Wildman–Crippen LogP) is 2.41. The molecule has 0 radical (unpaired) electrons. The number of hydrogen-bond acceptors (Lipinski definition) is 3. The fraction of sp³-hybridized carbons (Fsp3) is 0.538. The summed E-state index contributed by atoms with van der Waals surface area (Å²) in [6, 6.07) is 1.88. The molecule has 18 heavy (non-hydrogen) atoms. The Kier molecular flexibility index (Phi) is 4.36. The number of ether oxygens (including phenoxy) is 1. The molecule has 1 aliphatic heterocycles. The summed E-state index contributed by atoms with van der Waals surface area (Å²) in [6.07, 6.45) is 3.69. The maximum absolute atomic E-state index is 13.2. The van der Waals surface area contributed by atoms with Gasteiger partial charge >= 0.3 is 0 Å². The van der Waals surface area contributed by atoms with Crippen LogP contribution in [-0.4, -0.2) is 31.1 Å². The Morgan fingerprint density at radius 1 is 1.17 bits per heavy atom. The second-order valence-corrected chi connectivity index (χ2v) is 4.55. The van der Waals surface area contributed by atoms with Crippen molar-refractivity contribution in [2.75, 3.05) is 32.0 Å². The molecule has 5 heteroatoms. The van der Waals surface area contributed by atoms with Gasteiger partial charge in [-0.1, -0.05) is 6.42 Å². The van der Waals surface area contributed by atoms with Crippen LogP contribution < -0.4 is 10.5 Å². The van der Waals surface area contributed by atoms with Crippen LogP contribution in [0.1, 0.15) is 19.3 Å². The van der Waals surface area contributed by atoms with Gasteiger partial charge in [0, 0.05) is 18.7 Å². The monoisotopic (exact) mass is 256 g/mol. The molecule has 0 aliphatic carbocycles. The Hall–Kier alpha value is -1.36. The van der Waals surface area contributed by atoms with E-state index in [2.05, 4.69) is 4.90 Å². The van der Waals surface area contributed by atoms with Crippen LogP contribution >= 0.6 is 0 Å². The van der Waals surface area contributed by atoms with Crippen LogP contribution in [0.15, 0.2) is 12.1 Å². The number of nitrogens with two attached hydrogens (primary N) is 1. The highest BCUT2D eigenvalue weighted by atomic mass is 19.1. The molecule has 1 heterocycles. The van der Waals surface area contributed by atoms with E-state index in [1.165, 1.54) is 19.3 Å². The fourth-order valence-electron chi connectivity index (χ4n) is 2.15. The van der Waals surface area contributed by atoms with Gasteiger partial charge in [-0.25, -0.2) is 8.78 Å². The van der Waals surface area contributed by atoms with E-state index >= 15 is 0 Å². The van der Waals surface area contributed by atoms with Crippen molar-refractivity contribution in [2.45, 2.75) is 19.3 Å². The van der Waals surface area contributed by atoms with Crippen molar-refractivity contribution in [2.24, 2.45) is 0 Å².